The molecule has 10 heteroatoms. The number of hydrogen-bond donors (Lipinski definition) is 2. The van der Waals surface area contributed by atoms with Crippen LogP contribution in [-0.4, -0.2) is 61.5 Å². The summed E-state index contributed by atoms with van der Waals surface area (Å²) in [5.74, 6) is 0.163. The van der Waals surface area contributed by atoms with Gasteiger partial charge >= 0.3 is 0 Å². The highest BCUT2D eigenvalue weighted by molar-refractivity contribution is 7.89. The van der Waals surface area contributed by atoms with Gasteiger partial charge in [0.25, 0.3) is 5.91 Å². The molecule has 1 unspecified atom stereocenters. The largest absolute Gasteiger partial charge is 0.348 e. The summed E-state index contributed by atoms with van der Waals surface area (Å²) in [5, 5.41) is 9.74. The van der Waals surface area contributed by atoms with Crippen molar-refractivity contribution in [3.63, 3.8) is 0 Å². The van der Waals surface area contributed by atoms with E-state index in [9.17, 15) is 13.2 Å². The number of carbonyl (C=O) groups excluding carboxylic acids is 1. The van der Waals surface area contributed by atoms with E-state index in [1.165, 1.54) is 29.9 Å². The van der Waals surface area contributed by atoms with E-state index in [4.69, 9.17) is 0 Å². The maximum Gasteiger partial charge on any atom is 0.251 e. The van der Waals surface area contributed by atoms with Crippen molar-refractivity contribution in [2.45, 2.75) is 23.8 Å². The molecule has 1 amide bonds. The lowest BCUT2D eigenvalue weighted by atomic mass is 10.2. The van der Waals surface area contributed by atoms with Crippen molar-refractivity contribution in [3.05, 3.63) is 42.0 Å². The second kappa shape index (κ2) is 7.94. The second-order valence-corrected chi connectivity index (χ2v) is 8.16. The smallest absolute Gasteiger partial charge is 0.251 e. The number of rotatable bonds is 7. The van der Waals surface area contributed by atoms with Gasteiger partial charge < -0.3 is 15.2 Å². The zero-order valence-corrected chi connectivity index (χ0v) is 15.2. The molecule has 0 aliphatic carbocycles. The Hall–Kier alpha value is -2.30. The monoisotopic (exact) mass is 379 g/mol. The molecule has 0 spiro atoms. The van der Waals surface area contributed by atoms with Crippen LogP contribution in [0, 0.1) is 0 Å². The summed E-state index contributed by atoms with van der Waals surface area (Å²) < 4.78 is 31.3. The standard InChI is InChI=1S/C16H21N5O4S/c1-21(8-6-15-18-11-25-20-15)26(23,24)14-4-2-3-12(9-14)16(22)19-13-5-7-17-10-13/h2-4,9,11,13,17H,5-8,10H2,1H3,(H,19,22). The SMILES string of the molecule is CN(CCc1ncon1)S(=O)(=O)c1cccc(C(=O)NC2CCNC2)c1. The van der Waals surface area contributed by atoms with E-state index >= 15 is 0 Å². The van der Waals surface area contributed by atoms with Crippen LogP contribution < -0.4 is 10.6 Å². The van der Waals surface area contributed by atoms with Crippen LogP contribution in [0.2, 0.25) is 0 Å². The van der Waals surface area contributed by atoms with E-state index in [1.54, 1.807) is 12.1 Å². The maximum absolute atomic E-state index is 12.7. The Morgan fingerprint density at radius 3 is 3.00 bits per heavy atom. The molecule has 1 aromatic carbocycles. The third-order valence-electron chi connectivity index (χ3n) is 4.26. The van der Waals surface area contributed by atoms with Crippen molar-refractivity contribution in [3.8, 4) is 0 Å². The third kappa shape index (κ3) is 4.26. The van der Waals surface area contributed by atoms with Crippen LogP contribution in [0.1, 0.15) is 22.6 Å². The first-order chi connectivity index (χ1) is 12.5. The van der Waals surface area contributed by atoms with E-state index in [1.807, 2.05) is 0 Å². The molecule has 0 saturated carbocycles. The number of carbonyl (C=O) groups is 1. The van der Waals surface area contributed by atoms with Crippen LogP contribution in [0.25, 0.3) is 0 Å². The average Bonchev–Trinajstić information content (AvgIpc) is 3.33. The quantitative estimate of drug-likeness (QED) is 0.696. The van der Waals surface area contributed by atoms with Crippen molar-refractivity contribution in [1.82, 2.24) is 25.1 Å². The molecule has 2 N–H and O–H groups in total. The van der Waals surface area contributed by atoms with Crippen molar-refractivity contribution in [1.29, 1.82) is 0 Å². The molecule has 1 saturated heterocycles. The van der Waals surface area contributed by atoms with Crippen LogP contribution in [0.5, 0.6) is 0 Å². The predicted molar refractivity (Wildman–Crippen MR) is 93.0 cm³/mol. The summed E-state index contributed by atoms with van der Waals surface area (Å²) in [4.78, 5) is 16.3. The van der Waals surface area contributed by atoms with Gasteiger partial charge in [-0.3, -0.25) is 4.79 Å². The zero-order valence-electron chi connectivity index (χ0n) is 14.4. The van der Waals surface area contributed by atoms with Crippen molar-refractivity contribution in [2.75, 3.05) is 26.7 Å². The van der Waals surface area contributed by atoms with Crippen LogP contribution in [0.15, 0.2) is 40.1 Å². The van der Waals surface area contributed by atoms with Crippen molar-refractivity contribution >= 4 is 15.9 Å². The molecular weight excluding hydrogens is 358 g/mol. The molecule has 9 nitrogen and oxygen atoms in total. The number of nitrogens with one attached hydrogen (secondary N) is 2. The predicted octanol–water partition coefficient (Wildman–Crippen LogP) is 0.0245. The highest BCUT2D eigenvalue weighted by Gasteiger charge is 2.23. The van der Waals surface area contributed by atoms with E-state index in [0.717, 1.165) is 19.5 Å². The number of nitrogens with zero attached hydrogens (tertiary/aromatic N) is 3. The highest BCUT2D eigenvalue weighted by Crippen LogP contribution is 2.16. The topological polar surface area (TPSA) is 117 Å². The molecule has 1 aromatic heterocycles. The summed E-state index contributed by atoms with van der Waals surface area (Å²) in [6.45, 7) is 1.79. The number of aromatic nitrogens is 2. The Bertz CT molecular complexity index is 847. The van der Waals surface area contributed by atoms with Gasteiger partial charge in [-0.05, 0) is 31.2 Å². The van der Waals surface area contributed by atoms with Crippen LogP contribution in [0.4, 0.5) is 0 Å². The fourth-order valence-electron chi connectivity index (χ4n) is 2.70. The number of hydrogen-bond acceptors (Lipinski definition) is 7. The van der Waals surface area contributed by atoms with Gasteiger partial charge in [-0.1, -0.05) is 11.2 Å². The summed E-state index contributed by atoms with van der Waals surface area (Å²) in [6, 6.07) is 6.13. The first kappa shape index (κ1) is 18.5. The molecule has 26 heavy (non-hydrogen) atoms. The number of sulfonamides is 1. The van der Waals surface area contributed by atoms with Crippen LogP contribution in [0.3, 0.4) is 0 Å². The lowest BCUT2D eigenvalue weighted by Crippen LogP contribution is -2.36. The minimum absolute atomic E-state index is 0.0698. The summed E-state index contributed by atoms with van der Waals surface area (Å²) >= 11 is 0. The molecule has 3 rings (SSSR count). The molecule has 0 bridgehead atoms. The van der Waals surface area contributed by atoms with Gasteiger partial charge in [-0.2, -0.15) is 4.98 Å². The summed E-state index contributed by atoms with van der Waals surface area (Å²) in [6.07, 6.45) is 2.40. The molecule has 1 atom stereocenters. The van der Waals surface area contributed by atoms with Gasteiger partial charge in [0.1, 0.15) is 0 Å². The van der Waals surface area contributed by atoms with Crippen LogP contribution in [-0.2, 0) is 16.4 Å². The molecule has 1 fully saturated rings. The van der Waals surface area contributed by atoms with E-state index in [-0.39, 0.29) is 23.4 Å². The molecule has 140 valence electrons. The van der Waals surface area contributed by atoms with Gasteiger partial charge in [0.15, 0.2) is 5.82 Å². The Labute approximate surface area is 151 Å². The fourth-order valence-corrected chi connectivity index (χ4v) is 3.92. The minimum Gasteiger partial charge on any atom is -0.348 e. The van der Waals surface area contributed by atoms with Gasteiger partial charge in [-0.15, -0.1) is 0 Å². The summed E-state index contributed by atoms with van der Waals surface area (Å²) in [5.41, 5.74) is 0.324. The lowest BCUT2D eigenvalue weighted by Gasteiger charge is -2.17. The average molecular weight is 379 g/mol. The third-order valence-corrected chi connectivity index (χ3v) is 6.11. The molecule has 1 aliphatic heterocycles. The molecule has 1 aliphatic rings. The van der Waals surface area contributed by atoms with Gasteiger partial charge in [0.05, 0.1) is 4.90 Å². The van der Waals surface area contributed by atoms with E-state index in [2.05, 4.69) is 25.3 Å². The normalized spacial score (nSPS) is 17.5. The Morgan fingerprint density at radius 2 is 2.31 bits per heavy atom. The molecule has 0 radical (unpaired) electrons. The lowest BCUT2D eigenvalue weighted by molar-refractivity contribution is 0.0940. The molecule has 2 heterocycles. The van der Waals surface area contributed by atoms with E-state index in [0.29, 0.717) is 17.8 Å². The first-order valence-electron chi connectivity index (χ1n) is 8.30. The van der Waals surface area contributed by atoms with Gasteiger partial charge in [0, 0.05) is 38.2 Å². The second-order valence-electron chi connectivity index (χ2n) is 6.12. The number of amides is 1. The highest BCUT2D eigenvalue weighted by atomic mass is 32.2. The zero-order chi connectivity index (χ0) is 18.6. The van der Waals surface area contributed by atoms with Crippen LogP contribution >= 0.6 is 0 Å². The van der Waals surface area contributed by atoms with Crippen molar-refractivity contribution < 1.29 is 17.7 Å². The summed E-state index contributed by atoms with van der Waals surface area (Å²) in [7, 11) is -2.24. The molecule has 2 aromatic rings. The minimum atomic E-state index is -3.72. The number of likely N-dealkylation sites (N-methyl/N-ethyl adjacent to an activating group) is 1. The Morgan fingerprint density at radius 1 is 1.46 bits per heavy atom. The van der Waals surface area contributed by atoms with E-state index < -0.39 is 10.0 Å². The number of benzene rings is 1. The van der Waals surface area contributed by atoms with Gasteiger partial charge in [-0.25, -0.2) is 12.7 Å². The first-order valence-corrected chi connectivity index (χ1v) is 9.74. The Balaban J connectivity index is 1.69. The Kier molecular flexibility index (Phi) is 5.64. The molecular formula is C16H21N5O4S. The van der Waals surface area contributed by atoms with Crippen molar-refractivity contribution in [2.24, 2.45) is 0 Å². The van der Waals surface area contributed by atoms with Gasteiger partial charge in [0.2, 0.25) is 16.4 Å². The maximum atomic E-state index is 12.7. The fraction of sp³-hybridized carbons (Fsp3) is 0.438.